The molecule has 0 aromatic heterocycles. The zero-order valence-corrected chi connectivity index (χ0v) is 16.3. The molecule has 5 nitrogen and oxygen atoms in total. The highest BCUT2D eigenvalue weighted by Crippen LogP contribution is 2.26. The highest BCUT2D eigenvalue weighted by Gasteiger charge is 2.16. The summed E-state index contributed by atoms with van der Waals surface area (Å²) < 4.78 is 5.69. The summed E-state index contributed by atoms with van der Waals surface area (Å²) in [6, 6.07) is 5.55. The van der Waals surface area contributed by atoms with Gasteiger partial charge in [-0.1, -0.05) is 17.7 Å². The van der Waals surface area contributed by atoms with E-state index in [1.165, 1.54) is 0 Å². The molecule has 1 N–H and O–H groups in total. The predicted molar refractivity (Wildman–Crippen MR) is 102 cm³/mol. The standard InChI is InChI=1S/C19H30ClN3O2/c1-15-6-7-17(20)18(14-15)25-16(2)19(24)21-8-4-5-9-23-12-10-22(3)11-13-23/h6-7,14,16H,4-5,8-13H2,1-3H3,(H,21,24). The van der Waals surface area contributed by atoms with Gasteiger partial charge < -0.3 is 19.9 Å². The minimum absolute atomic E-state index is 0.0998. The zero-order chi connectivity index (χ0) is 18.2. The van der Waals surface area contributed by atoms with Gasteiger partial charge in [0.15, 0.2) is 6.10 Å². The number of carbonyl (C=O) groups is 1. The van der Waals surface area contributed by atoms with Crippen molar-refractivity contribution in [2.24, 2.45) is 0 Å². The maximum Gasteiger partial charge on any atom is 0.260 e. The van der Waals surface area contributed by atoms with E-state index in [1.54, 1.807) is 13.0 Å². The number of piperazine rings is 1. The van der Waals surface area contributed by atoms with E-state index in [0.717, 1.165) is 51.1 Å². The van der Waals surface area contributed by atoms with Crippen LogP contribution < -0.4 is 10.1 Å². The maximum atomic E-state index is 12.1. The van der Waals surface area contributed by atoms with Crippen LogP contribution in [-0.2, 0) is 4.79 Å². The second kappa shape index (κ2) is 10.00. The summed E-state index contributed by atoms with van der Waals surface area (Å²) in [4.78, 5) is 17.0. The molecular formula is C19H30ClN3O2. The first-order chi connectivity index (χ1) is 12.0. The molecule has 6 heteroatoms. The van der Waals surface area contributed by atoms with Gasteiger partial charge in [-0.15, -0.1) is 0 Å². The third kappa shape index (κ3) is 6.84. The molecular weight excluding hydrogens is 338 g/mol. The lowest BCUT2D eigenvalue weighted by molar-refractivity contribution is -0.127. The van der Waals surface area contributed by atoms with Gasteiger partial charge in [-0.3, -0.25) is 4.79 Å². The van der Waals surface area contributed by atoms with Gasteiger partial charge in [0.1, 0.15) is 5.75 Å². The summed E-state index contributed by atoms with van der Waals surface area (Å²) in [5, 5.41) is 3.47. The minimum atomic E-state index is -0.558. The van der Waals surface area contributed by atoms with Gasteiger partial charge >= 0.3 is 0 Å². The van der Waals surface area contributed by atoms with E-state index < -0.39 is 6.10 Å². The molecule has 1 unspecified atom stereocenters. The van der Waals surface area contributed by atoms with Crippen LogP contribution >= 0.6 is 11.6 Å². The van der Waals surface area contributed by atoms with E-state index in [1.807, 2.05) is 19.1 Å². The second-order valence-electron chi connectivity index (χ2n) is 6.84. The van der Waals surface area contributed by atoms with Crippen molar-refractivity contribution in [3.63, 3.8) is 0 Å². The molecule has 1 aliphatic rings. The molecule has 0 saturated carbocycles. The van der Waals surface area contributed by atoms with Crippen LogP contribution in [0.1, 0.15) is 25.3 Å². The lowest BCUT2D eigenvalue weighted by atomic mass is 10.2. The molecule has 0 aliphatic carbocycles. The first-order valence-corrected chi connectivity index (χ1v) is 9.45. The smallest absolute Gasteiger partial charge is 0.260 e. The van der Waals surface area contributed by atoms with E-state index in [9.17, 15) is 4.79 Å². The molecule has 1 fully saturated rings. The van der Waals surface area contributed by atoms with Crippen molar-refractivity contribution >= 4 is 17.5 Å². The molecule has 1 atom stereocenters. The molecule has 0 bridgehead atoms. The van der Waals surface area contributed by atoms with Crippen LogP contribution in [0.4, 0.5) is 0 Å². The fraction of sp³-hybridized carbons (Fsp3) is 0.632. The van der Waals surface area contributed by atoms with Crippen LogP contribution in [-0.4, -0.2) is 68.1 Å². The number of amides is 1. The van der Waals surface area contributed by atoms with Gasteiger partial charge in [-0.2, -0.15) is 0 Å². The molecule has 0 spiro atoms. The molecule has 1 amide bonds. The number of carbonyl (C=O) groups excluding carboxylic acids is 1. The molecule has 25 heavy (non-hydrogen) atoms. The Morgan fingerprint density at radius 2 is 2.00 bits per heavy atom. The van der Waals surface area contributed by atoms with E-state index in [4.69, 9.17) is 16.3 Å². The molecule has 0 radical (unpaired) electrons. The number of hydrogen-bond donors (Lipinski definition) is 1. The Morgan fingerprint density at radius 3 is 2.72 bits per heavy atom. The number of nitrogens with zero attached hydrogens (tertiary/aromatic N) is 2. The Morgan fingerprint density at radius 1 is 1.28 bits per heavy atom. The molecule has 140 valence electrons. The van der Waals surface area contributed by atoms with Gasteiger partial charge in [-0.25, -0.2) is 0 Å². The summed E-state index contributed by atoms with van der Waals surface area (Å²) in [7, 11) is 2.17. The number of benzene rings is 1. The average Bonchev–Trinajstić information content (AvgIpc) is 2.59. The predicted octanol–water partition coefficient (Wildman–Crippen LogP) is 2.56. The van der Waals surface area contributed by atoms with Gasteiger partial charge in [0.05, 0.1) is 5.02 Å². The number of unbranched alkanes of at least 4 members (excludes halogenated alkanes) is 1. The van der Waals surface area contributed by atoms with Gasteiger partial charge in [0.25, 0.3) is 5.91 Å². The Hall–Kier alpha value is -1.30. The highest BCUT2D eigenvalue weighted by atomic mass is 35.5. The third-order valence-corrected chi connectivity index (χ3v) is 4.87. The summed E-state index contributed by atoms with van der Waals surface area (Å²) in [5.41, 5.74) is 1.05. The number of hydrogen-bond acceptors (Lipinski definition) is 4. The maximum absolute atomic E-state index is 12.1. The van der Waals surface area contributed by atoms with Crippen molar-refractivity contribution in [3.05, 3.63) is 28.8 Å². The first-order valence-electron chi connectivity index (χ1n) is 9.07. The number of nitrogens with one attached hydrogen (secondary N) is 1. The van der Waals surface area contributed by atoms with Crippen molar-refractivity contribution in [3.8, 4) is 5.75 Å². The van der Waals surface area contributed by atoms with Gasteiger partial charge in [0.2, 0.25) is 0 Å². The number of aryl methyl sites for hydroxylation is 1. The number of rotatable bonds is 8. The fourth-order valence-corrected chi connectivity index (χ4v) is 2.99. The van der Waals surface area contributed by atoms with E-state index >= 15 is 0 Å². The SMILES string of the molecule is Cc1ccc(Cl)c(OC(C)C(=O)NCCCCN2CCN(C)CC2)c1. The summed E-state index contributed by atoms with van der Waals surface area (Å²) in [6.45, 7) is 10.1. The van der Waals surface area contributed by atoms with Gasteiger partial charge in [-0.05, 0) is 58.0 Å². The lowest BCUT2D eigenvalue weighted by Gasteiger charge is -2.32. The molecule has 1 aromatic carbocycles. The molecule has 1 heterocycles. The van der Waals surface area contributed by atoms with Crippen molar-refractivity contribution in [1.82, 2.24) is 15.1 Å². The number of likely N-dealkylation sites (N-methyl/N-ethyl adjacent to an activating group) is 1. The van der Waals surface area contributed by atoms with Crippen LogP contribution in [0.2, 0.25) is 5.02 Å². The van der Waals surface area contributed by atoms with Crippen LogP contribution in [0.5, 0.6) is 5.75 Å². The Balaban J connectivity index is 1.62. The van der Waals surface area contributed by atoms with E-state index in [0.29, 0.717) is 17.3 Å². The first kappa shape index (κ1) is 20.0. The Bertz CT molecular complexity index is 560. The fourth-order valence-electron chi connectivity index (χ4n) is 2.83. The van der Waals surface area contributed by atoms with Crippen molar-refractivity contribution in [2.45, 2.75) is 32.8 Å². The minimum Gasteiger partial charge on any atom is -0.479 e. The van der Waals surface area contributed by atoms with E-state index in [-0.39, 0.29) is 5.91 Å². The van der Waals surface area contributed by atoms with Crippen LogP contribution in [0.15, 0.2) is 18.2 Å². The summed E-state index contributed by atoms with van der Waals surface area (Å²) in [6.07, 6.45) is 1.52. The highest BCUT2D eigenvalue weighted by molar-refractivity contribution is 6.32. The number of ether oxygens (including phenoxy) is 1. The van der Waals surface area contributed by atoms with Crippen molar-refractivity contribution in [2.75, 3.05) is 46.3 Å². The van der Waals surface area contributed by atoms with Crippen LogP contribution in [0, 0.1) is 6.92 Å². The zero-order valence-electron chi connectivity index (χ0n) is 15.6. The molecule has 1 aromatic rings. The van der Waals surface area contributed by atoms with Gasteiger partial charge in [0, 0.05) is 32.7 Å². The lowest BCUT2D eigenvalue weighted by Crippen LogP contribution is -2.44. The van der Waals surface area contributed by atoms with Crippen molar-refractivity contribution < 1.29 is 9.53 Å². The largest absolute Gasteiger partial charge is 0.479 e. The average molecular weight is 368 g/mol. The normalized spacial score (nSPS) is 17.3. The van der Waals surface area contributed by atoms with Crippen LogP contribution in [0.3, 0.4) is 0 Å². The Labute approximate surface area is 156 Å². The Kier molecular flexibility index (Phi) is 8.00. The molecule has 2 rings (SSSR count). The second-order valence-corrected chi connectivity index (χ2v) is 7.24. The monoisotopic (exact) mass is 367 g/mol. The van der Waals surface area contributed by atoms with Crippen LogP contribution in [0.25, 0.3) is 0 Å². The topological polar surface area (TPSA) is 44.8 Å². The molecule has 1 saturated heterocycles. The molecule has 1 aliphatic heterocycles. The third-order valence-electron chi connectivity index (χ3n) is 4.56. The van der Waals surface area contributed by atoms with E-state index in [2.05, 4.69) is 22.2 Å². The number of halogens is 1. The summed E-state index contributed by atoms with van der Waals surface area (Å²) >= 11 is 6.11. The quantitative estimate of drug-likeness (QED) is 0.717. The van der Waals surface area contributed by atoms with Crippen molar-refractivity contribution in [1.29, 1.82) is 0 Å². The summed E-state index contributed by atoms with van der Waals surface area (Å²) in [5.74, 6) is 0.455.